The van der Waals surface area contributed by atoms with Crippen molar-refractivity contribution in [3.63, 3.8) is 0 Å². The maximum atomic E-state index is 13.6. The van der Waals surface area contributed by atoms with Gasteiger partial charge >= 0.3 is 6.18 Å². The van der Waals surface area contributed by atoms with Crippen molar-refractivity contribution in [2.75, 3.05) is 19.0 Å². The molecule has 2 N–H and O–H groups in total. The van der Waals surface area contributed by atoms with Crippen molar-refractivity contribution in [2.45, 2.75) is 38.3 Å². The topological polar surface area (TPSA) is 59.1 Å². The molecule has 8 heteroatoms. The standard InChI is InChI=1S/C21H25F3N4O/c1-14(25-12-15-7-4-3-5-8-15)18-13-26-20(28-19(18)21(22,23)24)27-16-9-6-10-17(11-16)29-2/h6,9-11,13,15,25H,1,3-5,7-8,12H2,2H3,(H,26,27,28). The van der Waals surface area contributed by atoms with Crippen molar-refractivity contribution in [3.8, 4) is 5.75 Å². The van der Waals surface area contributed by atoms with Gasteiger partial charge < -0.3 is 15.4 Å². The number of ether oxygens (including phenoxy) is 1. The number of hydrogen-bond donors (Lipinski definition) is 2. The number of rotatable bonds is 7. The van der Waals surface area contributed by atoms with Crippen LogP contribution in [0.25, 0.3) is 5.70 Å². The third-order valence-electron chi connectivity index (χ3n) is 5.04. The highest BCUT2D eigenvalue weighted by molar-refractivity contribution is 5.65. The van der Waals surface area contributed by atoms with Gasteiger partial charge in [0.15, 0.2) is 5.69 Å². The molecule has 0 amide bonds. The van der Waals surface area contributed by atoms with Crippen LogP contribution >= 0.6 is 0 Å². The van der Waals surface area contributed by atoms with E-state index in [2.05, 4.69) is 27.2 Å². The highest BCUT2D eigenvalue weighted by atomic mass is 19.4. The number of aromatic nitrogens is 2. The van der Waals surface area contributed by atoms with E-state index in [-0.39, 0.29) is 17.2 Å². The van der Waals surface area contributed by atoms with Crippen LogP contribution in [0.2, 0.25) is 0 Å². The Balaban J connectivity index is 1.77. The molecule has 1 aromatic carbocycles. The molecule has 156 valence electrons. The maximum Gasteiger partial charge on any atom is 0.434 e. The summed E-state index contributed by atoms with van der Waals surface area (Å²) in [5.41, 5.74) is -0.432. The number of methoxy groups -OCH3 is 1. The van der Waals surface area contributed by atoms with Crippen molar-refractivity contribution in [3.05, 3.63) is 48.3 Å². The fraction of sp³-hybridized carbons (Fsp3) is 0.429. The minimum atomic E-state index is -4.63. The van der Waals surface area contributed by atoms with Crippen LogP contribution in [0.15, 0.2) is 37.0 Å². The average Bonchev–Trinajstić information content (AvgIpc) is 2.72. The second kappa shape index (κ2) is 9.15. The summed E-state index contributed by atoms with van der Waals surface area (Å²) in [6.45, 7) is 4.40. The summed E-state index contributed by atoms with van der Waals surface area (Å²) < 4.78 is 46.0. The number of benzene rings is 1. The first kappa shape index (κ1) is 21.0. The van der Waals surface area contributed by atoms with Crippen molar-refractivity contribution in [2.24, 2.45) is 5.92 Å². The monoisotopic (exact) mass is 406 g/mol. The van der Waals surface area contributed by atoms with Crippen molar-refractivity contribution >= 4 is 17.3 Å². The quantitative estimate of drug-likeness (QED) is 0.646. The van der Waals surface area contributed by atoms with Crippen LogP contribution in [0.3, 0.4) is 0 Å². The van der Waals surface area contributed by atoms with Gasteiger partial charge in [-0.3, -0.25) is 0 Å². The third kappa shape index (κ3) is 5.62. The molecule has 0 radical (unpaired) electrons. The average molecular weight is 406 g/mol. The summed E-state index contributed by atoms with van der Waals surface area (Å²) in [6.07, 6.45) is 2.28. The number of nitrogens with one attached hydrogen (secondary N) is 2. The molecule has 0 aliphatic heterocycles. The molecule has 1 fully saturated rings. The Morgan fingerprint density at radius 2 is 2.00 bits per heavy atom. The van der Waals surface area contributed by atoms with Crippen LogP contribution in [0, 0.1) is 5.92 Å². The van der Waals surface area contributed by atoms with Crippen LogP contribution in [0.5, 0.6) is 5.75 Å². The van der Waals surface area contributed by atoms with Crippen molar-refractivity contribution in [1.29, 1.82) is 0 Å². The summed E-state index contributed by atoms with van der Waals surface area (Å²) in [7, 11) is 1.51. The Morgan fingerprint density at radius 3 is 2.69 bits per heavy atom. The Bertz CT molecular complexity index is 848. The molecule has 3 rings (SSSR count). The molecule has 29 heavy (non-hydrogen) atoms. The zero-order valence-electron chi connectivity index (χ0n) is 16.4. The SMILES string of the molecule is C=C(NCC1CCCCC1)c1cnc(Nc2cccc(OC)c2)nc1C(F)(F)F. The zero-order valence-corrected chi connectivity index (χ0v) is 16.4. The molecule has 0 bridgehead atoms. The molecule has 1 aromatic heterocycles. The molecule has 0 saturated heterocycles. The molecule has 5 nitrogen and oxygen atoms in total. The first-order chi connectivity index (χ1) is 13.9. The molecule has 1 heterocycles. The lowest BCUT2D eigenvalue weighted by atomic mass is 9.89. The van der Waals surface area contributed by atoms with E-state index in [1.807, 2.05) is 0 Å². The van der Waals surface area contributed by atoms with Gasteiger partial charge in [-0.1, -0.05) is 31.9 Å². The van der Waals surface area contributed by atoms with Gasteiger partial charge in [0.25, 0.3) is 0 Å². The second-order valence-electron chi connectivity index (χ2n) is 7.17. The van der Waals surface area contributed by atoms with Gasteiger partial charge in [-0.25, -0.2) is 9.97 Å². The first-order valence-electron chi connectivity index (χ1n) is 9.65. The first-order valence-corrected chi connectivity index (χ1v) is 9.65. The zero-order chi connectivity index (χ0) is 20.9. The van der Waals surface area contributed by atoms with E-state index in [1.54, 1.807) is 24.3 Å². The minimum absolute atomic E-state index is 0.135. The van der Waals surface area contributed by atoms with Crippen LogP contribution in [-0.2, 0) is 6.18 Å². The van der Waals surface area contributed by atoms with Gasteiger partial charge in [0, 0.05) is 35.8 Å². The van der Waals surface area contributed by atoms with Crippen LogP contribution < -0.4 is 15.4 Å². The van der Waals surface area contributed by atoms with E-state index < -0.39 is 11.9 Å². The molecule has 1 aliphatic rings. The number of alkyl halides is 3. The van der Waals surface area contributed by atoms with E-state index in [1.165, 1.54) is 26.4 Å². The normalized spacial score (nSPS) is 15.0. The molecule has 0 spiro atoms. The molecule has 2 aromatic rings. The van der Waals surface area contributed by atoms with Crippen molar-refractivity contribution < 1.29 is 17.9 Å². The molecule has 0 atom stereocenters. The fourth-order valence-electron chi connectivity index (χ4n) is 3.46. The van der Waals surface area contributed by atoms with Gasteiger partial charge in [0.05, 0.1) is 7.11 Å². The van der Waals surface area contributed by atoms with Gasteiger partial charge in [-0.05, 0) is 30.9 Å². The summed E-state index contributed by atoms with van der Waals surface area (Å²) in [4.78, 5) is 7.78. The number of halogens is 3. The second-order valence-corrected chi connectivity index (χ2v) is 7.17. The van der Waals surface area contributed by atoms with Crippen molar-refractivity contribution in [1.82, 2.24) is 15.3 Å². The Labute approximate surface area is 168 Å². The largest absolute Gasteiger partial charge is 0.497 e. The van der Waals surface area contributed by atoms with E-state index in [4.69, 9.17) is 4.74 Å². The molecular weight excluding hydrogens is 381 g/mol. The van der Waals surface area contributed by atoms with Gasteiger partial charge in [-0.2, -0.15) is 13.2 Å². The lowest BCUT2D eigenvalue weighted by molar-refractivity contribution is -0.141. The summed E-state index contributed by atoms with van der Waals surface area (Å²) >= 11 is 0. The lowest BCUT2D eigenvalue weighted by Gasteiger charge is -2.23. The minimum Gasteiger partial charge on any atom is -0.497 e. The number of nitrogens with zero attached hydrogens (tertiary/aromatic N) is 2. The van der Waals surface area contributed by atoms with Gasteiger partial charge in [-0.15, -0.1) is 0 Å². The predicted octanol–water partition coefficient (Wildman–Crippen LogP) is 5.39. The molecule has 1 aliphatic carbocycles. The van der Waals surface area contributed by atoms with Gasteiger partial charge in [0.1, 0.15) is 5.75 Å². The smallest absolute Gasteiger partial charge is 0.434 e. The molecule has 0 unspecified atom stereocenters. The van der Waals surface area contributed by atoms with Crippen LogP contribution in [-0.4, -0.2) is 23.6 Å². The maximum absolute atomic E-state index is 13.6. The van der Waals surface area contributed by atoms with Gasteiger partial charge in [0.2, 0.25) is 5.95 Å². The predicted molar refractivity (Wildman–Crippen MR) is 107 cm³/mol. The summed E-state index contributed by atoms with van der Waals surface area (Å²) in [6, 6.07) is 6.79. The van der Waals surface area contributed by atoms with Crippen LogP contribution in [0.1, 0.15) is 43.4 Å². The third-order valence-corrected chi connectivity index (χ3v) is 5.04. The van der Waals surface area contributed by atoms with E-state index in [9.17, 15) is 13.2 Å². The fourth-order valence-corrected chi connectivity index (χ4v) is 3.46. The lowest BCUT2D eigenvalue weighted by Crippen LogP contribution is -2.25. The Morgan fingerprint density at radius 1 is 1.24 bits per heavy atom. The Hall–Kier alpha value is -2.77. The van der Waals surface area contributed by atoms with E-state index in [0.29, 0.717) is 23.9 Å². The van der Waals surface area contributed by atoms with Crippen LogP contribution in [0.4, 0.5) is 24.8 Å². The highest BCUT2D eigenvalue weighted by Gasteiger charge is 2.37. The summed E-state index contributed by atoms with van der Waals surface area (Å²) in [5.74, 6) is 0.891. The molecular formula is C21H25F3N4O. The van der Waals surface area contributed by atoms with E-state index in [0.717, 1.165) is 19.0 Å². The Kier molecular flexibility index (Phi) is 6.61. The number of hydrogen-bond acceptors (Lipinski definition) is 5. The molecule has 1 saturated carbocycles. The number of anilines is 2. The highest BCUT2D eigenvalue weighted by Crippen LogP contribution is 2.33. The van der Waals surface area contributed by atoms with E-state index >= 15 is 0 Å². The summed E-state index contributed by atoms with van der Waals surface area (Å²) in [5, 5.41) is 5.84.